The average Bonchev–Trinajstić information content (AvgIpc) is 2.41. The molecule has 1 saturated heterocycles. The molecular weight excluding hydrogens is 236 g/mol. The molecule has 1 fully saturated rings. The average molecular weight is 262 g/mol. The topological polar surface area (TPSA) is 38.5 Å². The molecule has 1 aromatic rings. The molecule has 0 radical (unpaired) electrons. The molecule has 19 heavy (non-hydrogen) atoms. The fourth-order valence-electron chi connectivity index (χ4n) is 2.64. The number of hydrogen-bond donors (Lipinski definition) is 1. The number of hydrogen-bond acceptors (Lipinski definition) is 3. The number of nitrogens with two attached hydrogens (primary N) is 1. The van der Waals surface area contributed by atoms with Gasteiger partial charge in [-0.25, -0.2) is 0 Å². The number of aryl methyl sites for hydroxylation is 1. The maximum Gasteiger partial charge on any atom is 0.0599 e. The molecule has 0 saturated carbocycles. The van der Waals surface area contributed by atoms with Crippen LogP contribution in [0.2, 0.25) is 0 Å². The smallest absolute Gasteiger partial charge is 0.0599 e. The van der Waals surface area contributed by atoms with Crippen molar-refractivity contribution < 1.29 is 4.74 Å². The number of benzene rings is 1. The lowest BCUT2D eigenvalue weighted by Gasteiger charge is -2.32. The number of ether oxygens (including phenoxy) is 1. The second-order valence-electron chi connectivity index (χ2n) is 5.48. The van der Waals surface area contributed by atoms with Gasteiger partial charge >= 0.3 is 0 Å². The second kappa shape index (κ2) is 7.63. The monoisotopic (exact) mass is 262 g/mol. The molecule has 0 aliphatic carbocycles. The Kier molecular flexibility index (Phi) is 5.83. The van der Waals surface area contributed by atoms with Crippen molar-refractivity contribution in [3.63, 3.8) is 0 Å². The van der Waals surface area contributed by atoms with Crippen LogP contribution in [0.15, 0.2) is 24.3 Å². The van der Waals surface area contributed by atoms with Gasteiger partial charge in [-0.1, -0.05) is 29.8 Å². The van der Waals surface area contributed by atoms with Crippen molar-refractivity contribution in [3.05, 3.63) is 35.4 Å². The molecule has 0 amide bonds. The van der Waals surface area contributed by atoms with E-state index in [0.717, 1.165) is 52.0 Å². The minimum atomic E-state index is 0.445. The van der Waals surface area contributed by atoms with Gasteiger partial charge in [0.05, 0.1) is 6.10 Å². The van der Waals surface area contributed by atoms with Crippen molar-refractivity contribution in [2.75, 3.05) is 26.2 Å². The van der Waals surface area contributed by atoms with E-state index in [4.69, 9.17) is 10.5 Å². The van der Waals surface area contributed by atoms with Gasteiger partial charge in [0.1, 0.15) is 0 Å². The van der Waals surface area contributed by atoms with E-state index in [9.17, 15) is 0 Å². The third-order valence-electron chi connectivity index (χ3n) is 3.73. The predicted molar refractivity (Wildman–Crippen MR) is 79.1 cm³/mol. The standard InChI is InChI=1S/C16H26N2O/c1-14-4-2-5-15(12-14)13-18-9-6-16(7-10-18)19-11-3-8-17/h2,4-5,12,16H,3,6-11,13,17H2,1H3. The van der Waals surface area contributed by atoms with Gasteiger partial charge in [-0.15, -0.1) is 0 Å². The summed E-state index contributed by atoms with van der Waals surface area (Å²) in [6.45, 7) is 7.05. The number of likely N-dealkylation sites (tertiary alicyclic amines) is 1. The van der Waals surface area contributed by atoms with Crippen molar-refractivity contribution in [3.8, 4) is 0 Å². The fraction of sp³-hybridized carbons (Fsp3) is 0.625. The van der Waals surface area contributed by atoms with Crippen LogP contribution in [0.1, 0.15) is 30.4 Å². The Balaban J connectivity index is 1.71. The van der Waals surface area contributed by atoms with Crippen LogP contribution in [0.25, 0.3) is 0 Å². The fourth-order valence-corrected chi connectivity index (χ4v) is 2.64. The van der Waals surface area contributed by atoms with Gasteiger partial charge in [-0.2, -0.15) is 0 Å². The molecule has 1 heterocycles. The van der Waals surface area contributed by atoms with Crippen LogP contribution in [0, 0.1) is 6.92 Å². The van der Waals surface area contributed by atoms with Gasteiger partial charge < -0.3 is 10.5 Å². The quantitative estimate of drug-likeness (QED) is 0.800. The van der Waals surface area contributed by atoms with Gasteiger partial charge in [-0.3, -0.25) is 4.90 Å². The third-order valence-corrected chi connectivity index (χ3v) is 3.73. The van der Waals surface area contributed by atoms with Gasteiger partial charge in [-0.05, 0) is 38.3 Å². The summed E-state index contributed by atoms with van der Waals surface area (Å²) in [5, 5.41) is 0. The Morgan fingerprint density at radius 2 is 2.11 bits per heavy atom. The molecule has 0 unspecified atom stereocenters. The van der Waals surface area contributed by atoms with Gasteiger partial charge in [0, 0.05) is 26.2 Å². The SMILES string of the molecule is Cc1cccc(CN2CCC(OCCCN)CC2)c1. The molecule has 2 N–H and O–H groups in total. The van der Waals surface area contributed by atoms with E-state index in [1.165, 1.54) is 11.1 Å². The number of rotatable bonds is 6. The van der Waals surface area contributed by atoms with E-state index in [-0.39, 0.29) is 0 Å². The Labute approximate surface area is 116 Å². The molecule has 0 bridgehead atoms. The molecule has 1 aliphatic rings. The Morgan fingerprint density at radius 1 is 1.32 bits per heavy atom. The zero-order valence-corrected chi connectivity index (χ0v) is 12.0. The van der Waals surface area contributed by atoms with Gasteiger partial charge in [0.25, 0.3) is 0 Å². The molecular formula is C16H26N2O. The maximum atomic E-state index is 5.83. The van der Waals surface area contributed by atoms with Crippen LogP contribution in [0.3, 0.4) is 0 Å². The van der Waals surface area contributed by atoms with Crippen molar-refractivity contribution in [2.45, 2.75) is 38.8 Å². The van der Waals surface area contributed by atoms with Crippen LogP contribution in [-0.4, -0.2) is 37.2 Å². The summed E-state index contributed by atoms with van der Waals surface area (Å²) >= 11 is 0. The molecule has 3 heteroatoms. The highest BCUT2D eigenvalue weighted by atomic mass is 16.5. The molecule has 3 nitrogen and oxygen atoms in total. The summed E-state index contributed by atoms with van der Waals surface area (Å²) in [4.78, 5) is 2.53. The highest BCUT2D eigenvalue weighted by Gasteiger charge is 2.19. The van der Waals surface area contributed by atoms with Crippen molar-refractivity contribution in [1.82, 2.24) is 4.90 Å². The normalized spacial score (nSPS) is 17.8. The van der Waals surface area contributed by atoms with Crippen molar-refractivity contribution in [1.29, 1.82) is 0 Å². The molecule has 0 atom stereocenters. The predicted octanol–water partition coefficient (Wildman–Crippen LogP) is 2.32. The maximum absolute atomic E-state index is 5.83. The van der Waals surface area contributed by atoms with Gasteiger partial charge in [0.15, 0.2) is 0 Å². The van der Waals surface area contributed by atoms with E-state index >= 15 is 0 Å². The summed E-state index contributed by atoms with van der Waals surface area (Å²) < 4.78 is 5.83. The van der Waals surface area contributed by atoms with E-state index in [1.54, 1.807) is 0 Å². The lowest BCUT2D eigenvalue weighted by Crippen LogP contribution is -2.36. The number of piperidine rings is 1. The summed E-state index contributed by atoms with van der Waals surface area (Å²) in [6.07, 6.45) is 3.72. The summed E-state index contributed by atoms with van der Waals surface area (Å²) in [5.41, 5.74) is 8.24. The first-order valence-corrected chi connectivity index (χ1v) is 7.37. The minimum absolute atomic E-state index is 0.445. The van der Waals surface area contributed by atoms with Crippen LogP contribution >= 0.6 is 0 Å². The Bertz CT molecular complexity index is 373. The second-order valence-corrected chi connectivity index (χ2v) is 5.48. The zero-order chi connectivity index (χ0) is 13.5. The number of nitrogens with zero attached hydrogens (tertiary/aromatic N) is 1. The lowest BCUT2D eigenvalue weighted by molar-refractivity contribution is 0.00563. The lowest BCUT2D eigenvalue weighted by atomic mass is 10.1. The largest absolute Gasteiger partial charge is 0.378 e. The van der Waals surface area contributed by atoms with E-state index in [0.29, 0.717) is 6.10 Å². The molecule has 0 spiro atoms. The highest BCUT2D eigenvalue weighted by molar-refractivity contribution is 5.22. The zero-order valence-electron chi connectivity index (χ0n) is 12.0. The van der Waals surface area contributed by atoms with Crippen LogP contribution in [0.5, 0.6) is 0 Å². The molecule has 2 rings (SSSR count). The Morgan fingerprint density at radius 3 is 2.79 bits per heavy atom. The first-order valence-electron chi connectivity index (χ1n) is 7.37. The molecule has 1 aliphatic heterocycles. The summed E-state index contributed by atoms with van der Waals surface area (Å²) in [6, 6.07) is 8.80. The molecule has 1 aromatic carbocycles. The van der Waals surface area contributed by atoms with E-state index in [1.807, 2.05) is 0 Å². The van der Waals surface area contributed by atoms with Crippen LogP contribution in [0.4, 0.5) is 0 Å². The van der Waals surface area contributed by atoms with Crippen LogP contribution < -0.4 is 5.73 Å². The Hall–Kier alpha value is -0.900. The van der Waals surface area contributed by atoms with Crippen molar-refractivity contribution >= 4 is 0 Å². The van der Waals surface area contributed by atoms with Crippen LogP contribution in [-0.2, 0) is 11.3 Å². The minimum Gasteiger partial charge on any atom is -0.378 e. The molecule has 0 aromatic heterocycles. The van der Waals surface area contributed by atoms with E-state index in [2.05, 4.69) is 36.1 Å². The third kappa shape index (κ3) is 4.94. The molecule has 106 valence electrons. The first-order chi connectivity index (χ1) is 9.28. The van der Waals surface area contributed by atoms with E-state index < -0.39 is 0 Å². The highest BCUT2D eigenvalue weighted by Crippen LogP contribution is 2.16. The first kappa shape index (κ1) is 14.5. The summed E-state index contributed by atoms with van der Waals surface area (Å²) in [5.74, 6) is 0. The van der Waals surface area contributed by atoms with Crippen molar-refractivity contribution in [2.24, 2.45) is 5.73 Å². The van der Waals surface area contributed by atoms with Gasteiger partial charge in [0.2, 0.25) is 0 Å². The summed E-state index contributed by atoms with van der Waals surface area (Å²) in [7, 11) is 0.